The molecule has 0 aromatic heterocycles. The van der Waals surface area contributed by atoms with Crippen LogP contribution in [0.3, 0.4) is 0 Å². The van der Waals surface area contributed by atoms with Gasteiger partial charge in [-0.05, 0) is 24.3 Å². The third-order valence-electron chi connectivity index (χ3n) is 1.30. The first kappa shape index (κ1) is 9.74. The molecule has 0 fully saturated rings. The van der Waals surface area contributed by atoms with Crippen molar-refractivity contribution >= 4 is 23.7 Å². The van der Waals surface area contributed by atoms with Crippen molar-refractivity contribution in [1.82, 2.24) is 0 Å². The molecule has 4 heteroatoms. The molecular weight excluding hydrogens is 192 g/mol. The number of ketones is 1. The van der Waals surface area contributed by atoms with Gasteiger partial charge in [-0.15, -0.1) is 0 Å². The number of ether oxygens (including phenoxy) is 1. The van der Waals surface area contributed by atoms with Crippen molar-refractivity contribution in [1.29, 1.82) is 0 Å². The van der Waals surface area contributed by atoms with Crippen molar-refractivity contribution in [2.75, 3.05) is 6.61 Å². The summed E-state index contributed by atoms with van der Waals surface area (Å²) in [6.07, 6.45) is 1.21. The Bertz CT molecular complexity index is 305. The molecule has 13 heavy (non-hydrogen) atoms. The maximum atomic E-state index is 10.5. The monoisotopic (exact) mass is 197 g/mol. The van der Waals surface area contributed by atoms with Crippen LogP contribution in [0.4, 0.5) is 0 Å². The minimum atomic E-state index is -0.713. The second kappa shape index (κ2) is 4.62. The summed E-state index contributed by atoms with van der Waals surface area (Å²) in [5, 5.41) is 0.584. The Labute approximate surface area is 80.3 Å². The number of carbonyl (C=O) groups is 1. The average Bonchev–Trinajstić information content (AvgIpc) is 2.16. The summed E-state index contributed by atoms with van der Waals surface area (Å²) in [5.74, 6) is -0.219. The van der Waals surface area contributed by atoms with E-state index in [0.29, 0.717) is 10.8 Å². The van der Waals surface area contributed by atoms with Gasteiger partial charge in [0, 0.05) is 5.02 Å². The summed E-state index contributed by atoms with van der Waals surface area (Å²) in [7, 11) is 0. The van der Waals surface area contributed by atoms with Gasteiger partial charge in [-0.1, -0.05) is 11.6 Å². The highest BCUT2D eigenvalue weighted by molar-refractivity contribution is 6.30. The maximum Gasteiger partial charge on any atom is 0.275 e. The topological polar surface area (TPSA) is 43.4 Å². The lowest BCUT2D eigenvalue weighted by Gasteiger charge is -2.01. The van der Waals surface area contributed by atoms with Crippen LogP contribution < -0.4 is 4.74 Å². The largest absolute Gasteiger partial charge is 0.485 e. The van der Waals surface area contributed by atoms with Crippen LogP contribution >= 0.6 is 11.6 Å². The van der Waals surface area contributed by atoms with E-state index in [-0.39, 0.29) is 6.61 Å². The first-order chi connectivity index (χ1) is 6.22. The highest BCUT2D eigenvalue weighted by atomic mass is 35.5. The van der Waals surface area contributed by atoms with E-state index in [2.05, 4.69) is 0 Å². The molecule has 1 radical (unpaired) electrons. The van der Waals surface area contributed by atoms with Crippen molar-refractivity contribution in [3.05, 3.63) is 29.3 Å². The van der Waals surface area contributed by atoms with Crippen molar-refractivity contribution in [2.24, 2.45) is 0 Å². The summed E-state index contributed by atoms with van der Waals surface area (Å²) in [6, 6.07) is 6.48. The predicted octanol–water partition coefficient (Wildman–Crippen LogP) is 1.40. The van der Waals surface area contributed by atoms with Gasteiger partial charge in [-0.2, -0.15) is 0 Å². The molecule has 0 aliphatic carbocycles. The average molecular weight is 198 g/mol. The van der Waals surface area contributed by atoms with Crippen LogP contribution in [-0.4, -0.2) is 18.7 Å². The lowest BCUT2D eigenvalue weighted by atomic mass is 10.3. The maximum absolute atomic E-state index is 10.5. The fourth-order valence-corrected chi connectivity index (χ4v) is 0.835. The second-order valence-corrected chi connectivity index (χ2v) is 2.70. The summed E-state index contributed by atoms with van der Waals surface area (Å²) < 4.78 is 4.94. The normalized spacial score (nSPS) is 9.31. The van der Waals surface area contributed by atoms with E-state index >= 15 is 0 Å². The third-order valence-corrected chi connectivity index (χ3v) is 1.55. The molecule has 1 aromatic rings. The molecule has 67 valence electrons. The van der Waals surface area contributed by atoms with E-state index < -0.39 is 5.78 Å². The zero-order valence-corrected chi connectivity index (χ0v) is 7.38. The molecule has 3 nitrogen and oxygen atoms in total. The predicted molar refractivity (Wildman–Crippen MR) is 47.6 cm³/mol. The zero-order valence-electron chi connectivity index (χ0n) is 6.62. The summed E-state index contributed by atoms with van der Waals surface area (Å²) >= 11 is 5.62. The van der Waals surface area contributed by atoms with Crippen molar-refractivity contribution in [2.45, 2.75) is 0 Å². The fraction of sp³-hybridized carbons (Fsp3) is 0.111. The standard InChI is InChI=1S/C9H6ClO3/c10-7-1-3-9(4-2-7)13-6-8(12)5-11/h1-4H,6H2. The van der Waals surface area contributed by atoms with Crippen LogP contribution in [0.1, 0.15) is 0 Å². The molecule has 0 heterocycles. The van der Waals surface area contributed by atoms with Crippen LogP contribution in [0.5, 0.6) is 5.75 Å². The van der Waals surface area contributed by atoms with Gasteiger partial charge in [0.1, 0.15) is 5.75 Å². The van der Waals surface area contributed by atoms with E-state index in [4.69, 9.17) is 16.3 Å². The van der Waals surface area contributed by atoms with E-state index in [9.17, 15) is 9.59 Å². The molecule has 0 unspecified atom stereocenters. The zero-order chi connectivity index (χ0) is 9.68. The van der Waals surface area contributed by atoms with Crippen molar-refractivity contribution in [3.8, 4) is 5.75 Å². The summed E-state index contributed by atoms with van der Waals surface area (Å²) in [5.41, 5.74) is 0. The van der Waals surface area contributed by atoms with Crippen LogP contribution in [0, 0.1) is 0 Å². The van der Waals surface area contributed by atoms with E-state index in [0.717, 1.165) is 0 Å². The van der Waals surface area contributed by atoms with Gasteiger partial charge in [-0.25, -0.2) is 0 Å². The van der Waals surface area contributed by atoms with Crippen LogP contribution in [0.2, 0.25) is 5.02 Å². The Kier molecular flexibility index (Phi) is 3.46. The first-order valence-electron chi connectivity index (χ1n) is 3.51. The highest BCUT2D eigenvalue weighted by Crippen LogP contribution is 2.15. The first-order valence-corrected chi connectivity index (χ1v) is 3.89. The molecule has 0 aliphatic heterocycles. The number of hydrogen-bond acceptors (Lipinski definition) is 3. The lowest BCUT2D eigenvalue weighted by molar-refractivity contribution is -0.114. The second-order valence-electron chi connectivity index (χ2n) is 2.27. The molecule has 0 saturated carbocycles. The molecule has 0 N–H and O–H groups in total. The van der Waals surface area contributed by atoms with Gasteiger partial charge in [0.05, 0.1) is 0 Å². The lowest BCUT2D eigenvalue weighted by Crippen LogP contribution is -2.11. The van der Waals surface area contributed by atoms with Crippen LogP contribution in [-0.2, 0) is 9.59 Å². The van der Waals surface area contributed by atoms with Gasteiger partial charge in [-0.3, -0.25) is 9.59 Å². The smallest absolute Gasteiger partial charge is 0.275 e. The van der Waals surface area contributed by atoms with E-state index in [1.165, 1.54) is 6.29 Å². The SMILES string of the molecule is O=[C]C(=O)COc1ccc(Cl)cc1. The molecule has 0 spiro atoms. The third kappa shape index (κ3) is 3.25. The number of halogens is 1. The summed E-state index contributed by atoms with van der Waals surface area (Å²) in [4.78, 5) is 20.3. The van der Waals surface area contributed by atoms with Gasteiger partial charge in [0.2, 0.25) is 5.78 Å². The number of benzene rings is 1. The Balaban J connectivity index is 2.50. The Morgan fingerprint density at radius 2 is 2.00 bits per heavy atom. The van der Waals surface area contributed by atoms with Gasteiger partial charge < -0.3 is 4.74 Å². The van der Waals surface area contributed by atoms with Crippen LogP contribution in [0.15, 0.2) is 24.3 Å². The van der Waals surface area contributed by atoms with Gasteiger partial charge >= 0.3 is 0 Å². The molecule has 0 amide bonds. The molecule has 0 aliphatic rings. The highest BCUT2D eigenvalue weighted by Gasteiger charge is 2.01. The Hall–Kier alpha value is -1.35. The van der Waals surface area contributed by atoms with E-state index in [1.807, 2.05) is 0 Å². The quantitative estimate of drug-likeness (QED) is 0.686. The van der Waals surface area contributed by atoms with Crippen molar-refractivity contribution < 1.29 is 14.3 Å². The molecule has 0 atom stereocenters. The van der Waals surface area contributed by atoms with E-state index in [1.54, 1.807) is 24.3 Å². The molecular formula is C9H6ClO3. The molecule has 0 bridgehead atoms. The van der Waals surface area contributed by atoms with Crippen molar-refractivity contribution in [3.63, 3.8) is 0 Å². The molecule has 1 rings (SSSR count). The Morgan fingerprint density at radius 3 is 2.54 bits per heavy atom. The Morgan fingerprint density at radius 1 is 1.38 bits per heavy atom. The minimum Gasteiger partial charge on any atom is -0.485 e. The van der Waals surface area contributed by atoms with Gasteiger partial charge in [0.15, 0.2) is 6.61 Å². The molecule has 0 saturated heterocycles. The van der Waals surface area contributed by atoms with Crippen LogP contribution in [0.25, 0.3) is 0 Å². The van der Waals surface area contributed by atoms with Gasteiger partial charge in [0.25, 0.3) is 6.29 Å². The number of rotatable bonds is 4. The number of carbonyl (C=O) groups excluding carboxylic acids is 2. The fourth-order valence-electron chi connectivity index (χ4n) is 0.709. The summed E-state index contributed by atoms with van der Waals surface area (Å²) in [6.45, 7) is -0.287. The minimum absolute atomic E-state index is 0.287. The number of hydrogen-bond donors (Lipinski definition) is 0. The molecule has 1 aromatic carbocycles. The number of Topliss-reactive ketones (excluding diaryl/α,β-unsaturated/α-hetero) is 1.